The van der Waals surface area contributed by atoms with E-state index < -0.39 is 16.3 Å². The van der Waals surface area contributed by atoms with Crippen molar-refractivity contribution in [1.82, 2.24) is 0 Å². The predicted molar refractivity (Wildman–Crippen MR) is 114 cm³/mol. The summed E-state index contributed by atoms with van der Waals surface area (Å²) in [7, 11) is 0. The minimum absolute atomic E-state index is 0.0314. The van der Waals surface area contributed by atoms with Crippen LogP contribution in [0.1, 0.15) is 46.7 Å². The molecular weight excluding hydrogens is 456 g/mol. The van der Waals surface area contributed by atoms with Crippen LogP contribution in [0.2, 0.25) is 0 Å². The Kier molecular flexibility index (Phi) is 2.97. The molecule has 4 nitrogen and oxygen atoms in total. The minimum Gasteiger partial charge on any atom is -0.363 e. The molecule has 8 rings (SSSR count). The fourth-order valence-electron chi connectivity index (χ4n) is 7.02. The molecule has 5 heteroatoms. The number of ketones is 2. The molecule has 2 aromatic carbocycles. The maximum absolute atomic E-state index is 14.0. The SMILES string of the molecule is O=C1[C@@H]2C3=C(C=C[C@H]1[C@H]1O[C@@H]2c2ccccc21)[C@]1(Br)[C@H](C3=O)[C@@H]2O[C@H]1c1ccccc12. The third-order valence-electron chi connectivity index (χ3n) is 8.20. The molecule has 31 heavy (non-hydrogen) atoms. The van der Waals surface area contributed by atoms with Crippen LogP contribution >= 0.6 is 15.9 Å². The monoisotopic (exact) mass is 472 g/mol. The van der Waals surface area contributed by atoms with Gasteiger partial charge >= 0.3 is 0 Å². The van der Waals surface area contributed by atoms with Crippen molar-refractivity contribution in [2.45, 2.75) is 28.7 Å². The summed E-state index contributed by atoms with van der Waals surface area (Å²) in [6.07, 6.45) is 2.80. The zero-order chi connectivity index (χ0) is 20.6. The van der Waals surface area contributed by atoms with Crippen molar-refractivity contribution in [2.75, 3.05) is 0 Å². The number of ether oxygens (including phenoxy) is 2. The molecule has 4 heterocycles. The third-order valence-corrected chi connectivity index (χ3v) is 9.54. The summed E-state index contributed by atoms with van der Waals surface area (Å²) in [5.41, 5.74) is 5.91. The van der Waals surface area contributed by atoms with Gasteiger partial charge in [0.1, 0.15) is 6.10 Å². The molecule has 6 aliphatic rings. The van der Waals surface area contributed by atoms with Crippen LogP contribution in [0.5, 0.6) is 0 Å². The number of carbonyl (C=O) groups is 2. The van der Waals surface area contributed by atoms with E-state index in [1.807, 2.05) is 42.5 Å². The summed E-state index contributed by atoms with van der Waals surface area (Å²) in [5.74, 6) is -1.16. The predicted octanol–water partition coefficient (Wildman–Crippen LogP) is 4.64. The molecule has 0 saturated carbocycles. The summed E-state index contributed by atoms with van der Waals surface area (Å²) in [5, 5.41) is 0. The number of benzene rings is 2. The van der Waals surface area contributed by atoms with Crippen LogP contribution in [-0.2, 0) is 19.1 Å². The molecule has 2 saturated heterocycles. The number of hydrogen-bond acceptors (Lipinski definition) is 4. The van der Waals surface area contributed by atoms with Crippen molar-refractivity contribution in [3.8, 4) is 0 Å². The van der Waals surface area contributed by atoms with Crippen molar-refractivity contribution in [1.29, 1.82) is 0 Å². The highest BCUT2D eigenvalue weighted by atomic mass is 79.9. The first-order chi connectivity index (χ1) is 15.1. The first-order valence-electron chi connectivity index (χ1n) is 10.8. The molecule has 0 radical (unpaired) electrons. The second-order valence-electron chi connectivity index (χ2n) is 9.37. The van der Waals surface area contributed by atoms with Crippen LogP contribution < -0.4 is 0 Å². The first kappa shape index (κ1) is 17.2. The van der Waals surface area contributed by atoms with Crippen LogP contribution in [0.15, 0.2) is 71.8 Å². The fourth-order valence-corrected chi connectivity index (χ4v) is 8.16. The summed E-state index contributed by atoms with van der Waals surface area (Å²) < 4.78 is 12.2. The number of fused-ring (bicyclic) bond motifs is 19. The van der Waals surface area contributed by atoms with Gasteiger partial charge in [-0.05, 0) is 27.8 Å². The zero-order valence-corrected chi connectivity index (χ0v) is 17.9. The topological polar surface area (TPSA) is 52.6 Å². The second kappa shape index (κ2) is 5.34. The molecule has 152 valence electrons. The maximum atomic E-state index is 14.0. The van der Waals surface area contributed by atoms with E-state index in [9.17, 15) is 9.59 Å². The van der Waals surface area contributed by atoms with Gasteiger partial charge in [-0.2, -0.15) is 0 Å². The van der Waals surface area contributed by atoms with Gasteiger partial charge in [-0.3, -0.25) is 9.59 Å². The number of carbonyl (C=O) groups excluding carboxylic acids is 2. The Hall–Kier alpha value is -2.34. The summed E-state index contributed by atoms with van der Waals surface area (Å²) in [4.78, 5) is 27.7. The minimum atomic E-state index is -0.633. The highest BCUT2D eigenvalue weighted by Crippen LogP contribution is 2.71. The van der Waals surface area contributed by atoms with Gasteiger partial charge in [0.15, 0.2) is 11.6 Å². The van der Waals surface area contributed by atoms with Crippen LogP contribution in [-0.4, -0.2) is 15.9 Å². The molecule has 0 N–H and O–H groups in total. The van der Waals surface area contributed by atoms with Gasteiger partial charge in [0.2, 0.25) is 0 Å². The van der Waals surface area contributed by atoms with Gasteiger partial charge in [-0.25, -0.2) is 0 Å². The number of rotatable bonds is 0. The van der Waals surface area contributed by atoms with E-state index in [1.165, 1.54) is 0 Å². The molecule has 8 atom stereocenters. The number of hydrogen-bond donors (Lipinski definition) is 0. The van der Waals surface area contributed by atoms with Gasteiger partial charge in [-0.1, -0.05) is 76.6 Å². The lowest BCUT2D eigenvalue weighted by atomic mass is 9.74. The normalized spacial score (nSPS) is 42.4. The standard InChI is InChI=1S/C26H17BrO4/c27-26-16-10-9-15-20(28)18(23-12-6-2-1-5-11(12)22(15)30-23)17(16)21(29)19(26)24-13-7-3-4-8-14(13)25(26)31-24/h1-10,15,18-19,22-25H/t15-,18+,19-,22+,23-,24-,25+,26+/m1/s1. The van der Waals surface area contributed by atoms with Crippen molar-refractivity contribution < 1.29 is 19.1 Å². The molecule has 2 aliphatic carbocycles. The Morgan fingerprint density at radius 3 is 2.19 bits per heavy atom. The van der Waals surface area contributed by atoms with Crippen molar-refractivity contribution in [3.05, 3.63) is 94.1 Å². The Bertz CT molecular complexity index is 1310. The average molecular weight is 473 g/mol. The molecular formula is C26H17BrO4. The van der Waals surface area contributed by atoms with Crippen LogP contribution in [0.4, 0.5) is 0 Å². The van der Waals surface area contributed by atoms with Gasteiger partial charge in [0, 0.05) is 5.57 Å². The maximum Gasteiger partial charge on any atom is 0.167 e. The van der Waals surface area contributed by atoms with E-state index in [4.69, 9.17) is 9.47 Å². The molecule has 2 fully saturated rings. The molecule has 0 amide bonds. The second-order valence-corrected chi connectivity index (χ2v) is 10.7. The summed E-state index contributed by atoms with van der Waals surface area (Å²) in [6.45, 7) is 0. The van der Waals surface area contributed by atoms with E-state index in [0.29, 0.717) is 5.57 Å². The van der Waals surface area contributed by atoms with Gasteiger partial charge in [0.05, 0.1) is 40.4 Å². The van der Waals surface area contributed by atoms with E-state index in [2.05, 4.69) is 34.1 Å². The summed E-state index contributed by atoms with van der Waals surface area (Å²) in [6, 6.07) is 16.2. The highest BCUT2D eigenvalue weighted by molar-refractivity contribution is 9.10. The number of Topliss-reactive ketones (excluding diaryl/α,β-unsaturated/α-hetero) is 2. The quantitative estimate of drug-likeness (QED) is 0.524. The van der Waals surface area contributed by atoms with Gasteiger partial charge in [0.25, 0.3) is 0 Å². The molecule has 2 aromatic rings. The number of allylic oxidation sites excluding steroid dienone is 1. The van der Waals surface area contributed by atoms with Crippen LogP contribution in [0.3, 0.4) is 0 Å². The summed E-state index contributed by atoms with van der Waals surface area (Å²) >= 11 is 4.01. The molecule has 0 spiro atoms. The largest absolute Gasteiger partial charge is 0.363 e. The molecule has 6 bridgehead atoms. The van der Waals surface area contributed by atoms with Crippen molar-refractivity contribution in [3.63, 3.8) is 0 Å². The van der Waals surface area contributed by atoms with Gasteiger partial charge < -0.3 is 9.47 Å². The third kappa shape index (κ3) is 1.73. The Balaban J connectivity index is 1.37. The first-order valence-corrected chi connectivity index (χ1v) is 11.6. The lowest BCUT2D eigenvalue weighted by molar-refractivity contribution is -0.148. The van der Waals surface area contributed by atoms with E-state index in [1.54, 1.807) is 0 Å². The van der Waals surface area contributed by atoms with Crippen molar-refractivity contribution in [2.24, 2.45) is 17.8 Å². The average Bonchev–Trinajstić information content (AvgIpc) is 3.45. The zero-order valence-electron chi connectivity index (χ0n) is 16.3. The highest BCUT2D eigenvalue weighted by Gasteiger charge is 2.71. The Morgan fingerprint density at radius 2 is 1.45 bits per heavy atom. The van der Waals surface area contributed by atoms with Crippen LogP contribution in [0, 0.1) is 17.8 Å². The van der Waals surface area contributed by atoms with Crippen molar-refractivity contribution >= 4 is 27.5 Å². The van der Waals surface area contributed by atoms with Gasteiger partial charge in [-0.15, -0.1) is 0 Å². The Labute approximate surface area is 187 Å². The Morgan fingerprint density at radius 1 is 0.806 bits per heavy atom. The number of alkyl halides is 1. The van der Waals surface area contributed by atoms with E-state index in [0.717, 1.165) is 27.8 Å². The molecule has 0 aromatic heterocycles. The lowest BCUT2D eigenvalue weighted by Crippen LogP contribution is -2.39. The molecule has 4 aliphatic heterocycles. The lowest BCUT2D eigenvalue weighted by Gasteiger charge is -2.33. The fraction of sp³-hybridized carbons (Fsp3) is 0.308. The number of halogens is 1. The van der Waals surface area contributed by atoms with E-state index in [-0.39, 0.29) is 41.7 Å². The van der Waals surface area contributed by atoms with Crippen LogP contribution in [0.25, 0.3) is 0 Å². The van der Waals surface area contributed by atoms with E-state index >= 15 is 0 Å². The smallest absolute Gasteiger partial charge is 0.167 e. The molecule has 0 unspecified atom stereocenters.